The van der Waals surface area contributed by atoms with Crippen molar-refractivity contribution in [3.8, 4) is 5.75 Å². The van der Waals surface area contributed by atoms with Crippen molar-refractivity contribution in [1.82, 2.24) is 0 Å². The molecular formula is C15H20ClF2NO. The highest BCUT2D eigenvalue weighted by Gasteiger charge is 2.13. The molecule has 1 aromatic rings. The van der Waals surface area contributed by atoms with E-state index in [1.807, 2.05) is 0 Å². The summed E-state index contributed by atoms with van der Waals surface area (Å²) in [6, 6.07) is 4.81. The van der Waals surface area contributed by atoms with E-state index >= 15 is 0 Å². The van der Waals surface area contributed by atoms with E-state index in [0.717, 1.165) is 24.6 Å². The first-order valence-corrected chi connectivity index (χ1v) is 7.51. The molecule has 0 aliphatic heterocycles. The third kappa shape index (κ3) is 4.82. The van der Waals surface area contributed by atoms with Crippen molar-refractivity contribution in [3.05, 3.63) is 23.2 Å². The topological polar surface area (TPSA) is 21.3 Å². The van der Waals surface area contributed by atoms with E-state index < -0.39 is 6.61 Å². The quantitative estimate of drug-likeness (QED) is 0.767. The van der Waals surface area contributed by atoms with Gasteiger partial charge in [0.15, 0.2) is 0 Å². The first-order valence-electron chi connectivity index (χ1n) is 7.13. The van der Waals surface area contributed by atoms with Crippen LogP contribution in [0.25, 0.3) is 0 Å². The zero-order valence-corrected chi connectivity index (χ0v) is 12.1. The number of benzene rings is 1. The van der Waals surface area contributed by atoms with Crippen LogP contribution in [0.4, 0.5) is 14.5 Å². The maximum absolute atomic E-state index is 12.1. The Labute approximate surface area is 123 Å². The molecule has 1 fully saturated rings. The molecule has 0 bridgehead atoms. The second-order valence-electron chi connectivity index (χ2n) is 5.24. The minimum absolute atomic E-state index is 0.0134. The molecule has 1 aromatic carbocycles. The largest absolute Gasteiger partial charge is 0.433 e. The maximum Gasteiger partial charge on any atom is 0.387 e. The van der Waals surface area contributed by atoms with E-state index in [2.05, 4.69) is 10.1 Å². The molecule has 0 heterocycles. The fourth-order valence-corrected chi connectivity index (χ4v) is 2.92. The van der Waals surface area contributed by atoms with Crippen molar-refractivity contribution in [3.63, 3.8) is 0 Å². The SMILES string of the molecule is FC(F)Oc1ccc(NCCC2CCCCC2)cc1Cl. The van der Waals surface area contributed by atoms with Crippen LogP contribution in [0.2, 0.25) is 5.02 Å². The summed E-state index contributed by atoms with van der Waals surface area (Å²) in [5, 5.41) is 3.49. The van der Waals surface area contributed by atoms with E-state index in [1.54, 1.807) is 12.1 Å². The summed E-state index contributed by atoms with van der Waals surface area (Å²) in [4.78, 5) is 0. The Balaban J connectivity index is 1.79. The summed E-state index contributed by atoms with van der Waals surface area (Å²) in [7, 11) is 0. The highest BCUT2D eigenvalue weighted by molar-refractivity contribution is 6.32. The number of rotatable bonds is 6. The van der Waals surface area contributed by atoms with Crippen molar-refractivity contribution in [2.45, 2.75) is 45.1 Å². The van der Waals surface area contributed by atoms with Gasteiger partial charge >= 0.3 is 6.61 Å². The Kier molecular flexibility index (Phi) is 5.89. The molecule has 1 saturated carbocycles. The molecule has 2 nitrogen and oxygen atoms in total. The summed E-state index contributed by atoms with van der Waals surface area (Å²) >= 11 is 5.90. The molecule has 112 valence electrons. The predicted molar refractivity (Wildman–Crippen MR) is 77.8 cm³/mol. The van der Waals surface area contributed by atoms with E-state index in [9.17, 15) is 8.78 Å². The van der Waals surface area contributed by atoms with Gasteiger partial charge < -0.3 is 10.1 Å². The maximum atomic E-state index is 12.1. The van der Waals surface area contributed by atoms with Gasteiger partial charge in [-0.3, -0.25) is 0 Å². The molecule has 0 aromatic heterocycles. The number of anilines is 1. The highest BCUT2D eigenvalue weighted by atomic mass is 35.5. The highest BCUT2D eigenvalue weighted by Crippen LogP contribution is 2.30. The molecule has 20 heavy (non-hydrogen) atoms. The van der Waals surface area contributed by atoms with Crippen LogP contribution < -0.4 is 10.1 Å². The summed E-state index contributed by atoms with van der Waals surface area (Å²) in [6.07, 6.45) is 7.84. The van der Waals surface area contributed by atoms with Crippen LogP contribution in [0.3, 0.4) is 0 Å². The lowest BCUT2D eigenvalue weighted by molar-refractivity contribution is -0.0497. The number of halogens is 3. The molecule has 1 aliphatic carbocycles. The molecule has 0 atom stereocenters. The molecule has 1 N–H and O–H groups in total. The second kappa shape index (κ2) is 7.67. The summed E-state index contributed by atoms with van der Waals surface area (Å²) in [5.41, 5.74) is 0.840. The smallest absolute Gasteiger partial charge is 0.387 e. The lowest BCUT2D eigenvalue weighted by Crippen LogP contribution is -2.12. The molecule has 0 unspecified atom stereocenters. The van der Waals surface area contributed by atoms with Gasteiger partial charge in [-0.1, -0.05) is 43.7 Å². The van der Waals surface area contributed by atoms with Crippen molar-refractivity contribution < 1.29 is 13.5 Å². The fraction of sp³-hybridized carbons (Fsp3) is 0.600. The van der Waals surface area contributed by atoms with Crippen molar-refractivity contribution >= 4 is 17.3 Å². The lowest BCUT2D eigenvalue weighted by Gasteiger charge is -2.21. The van der Waals surface area contributed by atoms with Crippen LogP contribution in [0, 0.1) is 5.92 Å². The predicted octanol–water partition coefficient (Wildman–Crippen LogP) is 5.32. The van der Waals surface area contributed by atoms with Crippen LogP contribution in [0.1, 0.15) is 38.5 Å². The van der Waals surface area contributed by atoms with Gasteiger partial charge in [0.25, 0.3) is 0 Å². The summed E-state index contributed by atoms with van der Waals surface area (Å²) in [6.45, 7) is -1.96. The van der Waals surface area contributed by atoms with Gasteiger partial charge in [0.2, 0.25) is 0 Å². The summed E-state index contributed by atoms with van der Waals surface area (Å²) in [5.74, 6) is 0.827. The Morgan fingerprint density at radius 2 is 2.00 bits per heavy atom. The normalized spacial score (nSPS) is 16.4. The minimum Gasteiger partial charge on any atom is -0.433 e. The molecule has 5 heteroatoms. The molecular weight excluding hydrogens is 284 g/mol. The van der Waals surface area contributed by atoms with Crippen molar-refractivity contribution in [2.75, 3.05) is 11.9 Å². The summed E-state index contributed by atoms with van der Waals surface area (Å²) < 4.78 is 28.5. The van der Waals surface area contributed by atoms with Gasteiger partial charge in [-0.25, -0.2) is 0 Å². The third-order valence-corrected chi connectivity index (χ3v) is 4.05. The first kappa shape index (κ1) is 15.4. The zero-order valence-electron chi connectivity index (χ0n) is 11.4. The average Bonchev–Trinajstić information content (AvgIpc) is 2.43. The number of hydrogen-bond acceptors (Lipinski definition) is 2. The standard InChI is InChI=1S/C15H20ClF2NO/c16-13-10-12(6-7-14(13)20-15(17)18)19-9-8-11-4-2-1-3-5-11/h6-7,10-11,15,19H,1-5,8-9H2. The van der Waals surface area contributed by atoms with Crippen molar-refractivity contribution in [2.24, 2.45) is 5.92 Å². The number of alkyl halides is 2. The molecule has 1 aliphatic rings. The molecule has 0 spiro atoms. The van der Waals surface area contributed by atoms with Gasteiger partial charge in [0, 0.05) is 12.2 Å². The van der Waals surface area contributed by atoms with E-state index in [0.29, 0.717) is 0 Å². The Morgan fingerprint density at radius 1 is 1.25 bits per heavy atom. The van der Waals surface area contributed by atoms with Crippen LogP contribution in [-0.4, -0.2) is 13.2 Å². The monoisotopic (exact) mass is 303 g/mol. The van der Waals surface area contributed by atoms with Gasteiger partial charge in [-0.2, -0.15) is 8.78 Å². The van der Waals surface area contributed by atoms with Gasteiger partial charge in [-0.15, -0.1) is 0 Å². The van der Waals surface area contributed by atoms with E-state index in [4.69, 9.17) is 11.6 Å². The number of ether oxygens (including phenoxy) is 1. The Hall–Kier alpha value is -1.03. The Bertz CT molecular complexity index is 422. The molecule has 2 rings (SSSR count). The van der Waals surface area contributed by atoms with E-state index in [1.165, 1.54) is 38.2 Å². The van der Waals surface area contributed by atoms with Crippen LogP contribution in [0.5, 0.6) is 5.75 Å². The minimum atomic E-state index is -2.85. The third-order valence-electron chi connectivity index (χ3n) is 3.75. The fourth-order valence-electron chi connectivity index (χ4n) is 2.70. The first-order chi connectivity index (χ1) is 9.65. The second-order valence-corrected chi connectivity index (χ2v) is 5.65. The molecule has 0 saturated heterocycles. The number of hydrogen-bond donors (Lipinski definition) is 1. The van der Waals surface area contributed by atoms with Gasteiger partial charge in [-0.05, 0) is 30.5 Å². The average molecular weight is 304 g/mol. The van der Waals surface area contributed by atoms with Crippen LogP contribution in [0.15, 0.2) is 18.2 Å². The lowest BCUT2D eigenvalue weighted by atomic mass is 9.87. The molecule has 0 amide bonds. The van der Waals surface area contributed by atoms with Crippen LogP contribution in [-0.2, 0) is 0 Å². The van der Waals surface area contributed by atoms with Crippen LogP contribution >= 0.6 is 11.6 Å². The molecule has 0 radical (unpaired) electrons. The Morgan fingerprint density at radius 3 is 2.65 bits per heavy atom. The zero-order chi connectivity index (χ0) is 14.4. The van der Waals surface area contributed by atoms with Gasteiger partial charge in [0.1, 0.15) is 5.75 Å². The van der Waals surface area contributed by atoms with Crippen molar-refractivity contribution in [1.29, 1.82) is 0 Å². The number of nitrogens with one attached hydrogen (secondary N) is 1. The van der Waals surface area contributed by atoms with Gasteiger partial charge in [0.05, 0.1) is 5.02 Å². The van der Waals surface area contributed by atoms with E-state index in [-0.39, 0.29) is 10.8 Å².